The molecule has 5 nitrogen and oxygen atoms in total. The normalized spacial score (nSPS) is 24.9. The number of nitrogens with zero attached hydrogens (tertiary/aromatic N) is 2. The number of hydrogen-bond acceptors (Lipinski definition) is 5. The summed E-state index contributed by atoms with van der Waals surface area (Å²) in [5.41, 5.74) is 1.18. The highest BCUT2D eigenvalue weighted by Crippen LogP contribution is 2.54. The fourth-order valence-corrected chi connectivity index (χ4v) is 4.44. The van der Waals surface area contributed by atoms with Crippen LogP contribution in [0.2, 0.25) is 0 Å². The lowest BCUT2D eigenvalue weighted by atomic mass is 9.69. The standard InChI is InChI=1S/C24H20N2O3/c1-28-20-13-7-5-11-17(20)19-15-25-26-24(19)22(27)18-12-6-8-14-21(18)29-23(24)16-9-3-2-4-10-16/h2-14,19,23H,15H2,1H3/t19-,23-,24-/m0/s1. The van der Waals surface area contributed by atoms with Crippen LogP contribution in [-0.4, -0.2) is 25.0 Å². The third-order valence-electron chi connectivity index (χ3n) is 5.79. The maximum absolute atomic E-state index is 13.9. The molecule has 0 radical (unpaired) electrons. The third kappa shape index (κ3) is 2.58. The van der Waals surface area contributed by atoms with Crippen LogP contribution in [0.25, 0.3) is 0 Å². The molecule has 3 aromatic carbocycles. The molecule has 1 spiro atoms. The number of azo groups is 1. The van der Waals surface area contributed by atoms with E-state index >= 15 is 0 Å². The fraction of sp³-hybridized carbons (Fsp3) is 0.208. The first-order chi connectivity index (χ1) is 14.3. The van der Waals surface area contributed by atoms with Gasteiger partial charge in [0.25, 0.3) is 0 Å². The van der Waals surface area contributed by atoms with Crippen LogP contribution in [0.15, 0.2) is 89.1 Å². The van der Waals surface area contributed by atoms with Gasteiger partial charge < -0.3 is 9.47 Å². The molecule has 0 bridgehead atoms. The Morgan fingerprint density at radius 1 is 0.966 bits per heavy atom. The first kappa shape index (κ1) is 17.6. The molecule has 2 aliphatic heterocycles. The van der Waals surface area contributed by atoms with E-state index in [1.54, 1.807) is 13.2 Å². The number of hydrogen-bond donors (Lipinski definition) is 0. The van der Waals surface area contributed by atoms with E-state index in [2.05, 4.69) is 10.2 Å². The van der Waals surface area contributed by atoms with Gasteiger partial charge in [-0.3, -0.25) is 4.79 Å². The molecule has 0 fully saturated rings. The molecule has 0 aliphatic carbocycles. The molecule has 0 amide bonds. The zero-order valence-electron chi connectivity index (χ0n) is 16.0. The summed E-state index contributed by atoms with van der Waals surface area (Å²) in [5, 5.41) is 8.95. The van der Waals surface area contributed by atoms with Crippen LogP contribution in [-0.2, 0) is 0 Å². The Bertz CT molecular complexity index is 1100. The second-order valence-corrected chi connectivity index (χ2v) is 7.28. The van der Waals surface area contributed by atoms with Crippen LogP contribution < -0.4 is 9.47 Å². The van der Waals surface area contributed by atoms with Gasteiger partial charge in [0.05, 0.1) is 19.2 Å². The summed E-state index contributed by atoms with van der Waals surface area (Å²) < 4.78 is 12.0. The molecule has 0 N–H and O–H groups in total. The van der Waals surface area contributed by atoms with Crippen molar-refractivity contribution in [2.75, 3.05) is 13.7 Å². The minimum atomic E-state index is -1.18. The fourth-order valence-electron chi connectivity index (χ4n) is 4.44. The number of ether oxygens (including phenoxy) is 2. The molecule has 0 aromatic heterocycles. The smallest absolute Gasteiger partial charge is 0.200 e. The topological polar surface area (TPSA) is 60.2 Å². The molecule has 144 valence electrons. The van der Waals surface area contributed by atoms with Gasteiger partial charge in [0.2, 0.25) is 5.78 Å². The predicted molar refractivity (Wildman–Crippen MR) is 109 cm³/mol. The van der Waals surface area contributed by atoms with Crippen LogP contribution in [0.3, 0.4) is 0 Å². The first-order valence-corrected chi connectivity index (χ1v) is 9.62. The van der Waals surface area contributed by atoms with Crippen molar-refractivity contribution in [1.29, 1.82) is 0 Å². The van der Waals surface area contributed by atoms with E-state index in [4.69, 9.17) is 9.47 Å². The molecule has 5 heteroatoms. The van der Waals surface area contributed by atoms with Gasteiger partial charge in [0.1, 0.15) is 11.5 Å². The van der Waals surface area contributed by atoms with Gasteiger partial charge in [-0.05, 0) is 23.8 Å². The van der Waals surface area contributed by atoms with Crippen molar-refractivity contribution >= 4 is 5.78 Å². The Morgan fingerprint density at radius 2 is 1.69 bits per heavy atom. The van der Waals surface area contributed by atoms with Crippen LogP contribution in [0.4, 0.5) is 0 Å². The lowest BCUT2D eigenvalue weighted by molar-refractivity contribution is 0.0520. The Balaban J connectivity index is 1.74. The van der Waals surface area contributed by atoms with Gasteiger partial charge in [-0.1, -0.05) is 60.7 Å². The number of fused-ring (bicyclic) bond motifs is 1. The number of methoxy groups -OCH3 is 1. The highest BCUT2D eigenvalue weighted by molar-refractivity contribution is 6.08. The monoisotopic (exact) mass is 384 g/mol. The lowest BCUT2D eigenvalue weighted by Crippen LogP contribution is -2.51. The largest absolute Gasteiger partial charge is 0.496 e. The summed E-state index contributed by atoms with van der Waals surface area (Å²) in [7, 11) is 1.64. The molecule has 0 saturated carbocycles. The van der Waals surface area contributed by atoms with E-state index < -0.39 is 11.6 Å². The number of para-hydroxylation sites is 2. The van der Waals surface area contributed by atoms with Crippen molar-refractivity contribution in [1.82, 2.24) is 0 Å². The molecule has 2 heterocycles. The summed E-state index contributed by atoms with van der Waals surface area (Å²) >= 11 is 0. The number of carbonyl (C=O) groups is 1. The summed E-state index contributed by atoms with van der Waals surface area (Å²) in [6.07, 6.45) is -0.577. The molecule has 2 aliphatic rings. The summed E-state index contributed by atoms with van der Waals surface area (Å²) in [4.78, 5) is 13.9. The van der Waals surface area contributed by atoms with E-state index in [1.165, 1.54) is 0 Å². The van der Waals surface area contributed by atoms with Crippen LogP contribution in [0.5, 0.6) is 11.5 Å². The number of rotatable bonds is 3. The minimum Gasteiger partial charge on any atom is -0.496 e. The Kier molecular flexibility index (Phi) is 4.16. The Morgan fingerprint density at radius 3 is 2.52 bits per heavy atom. The van der Waals surface area contributed by atoms with Gasteiger partial charge in [0.15, 0.2) is 11.6 Å². The van der Waals surface area contributed by atoms with Crippen molar-refractivity contribution in [2.24, 2.45) is 10.2 Å². The van der Waals surface area contributed by atoms with E-state index in [1.807, 2.05) is 72.8 Å². The van der Waals surface area contributed by atoms with Crippen molar-refractivity contribution in [3.8, 4) is 11.5 Å². The van der Waals surface area contributed by atoms with Gasteiger partial charge in [0, 0.05) is 11.5 Å². The molecular weight excluding hydrogens is 364 g/mol. The number of Topliss-reactive ketones (excluding diaryl/α,β-unsaturated/α-hetero) is 1. The van der Waals surface area contributed by atoms with Crippen LogP contribution in [0, 0.1) is 0 Å². The second-order valence-electron chi connectivity index (χ2n) is 7.28. The van der Waals surface area contributed by atoms with E-state index in [0.717, 1.165) is 16.9 Å². The van der Waals surface area contributed by atoms with E-state index in [-0.39, 0.29) is 11.7 Å². The van der Waals surface area contributed by atoms with Crippen LogP contribution in [0.1, 0.15) is 33.5 Å². The molecule has 3 atom stereocenters. The van der Waals surface area contributed by atoms with Gasteiger partial charge in [-0.15, -0.1) is 0 Å². The number of benzene rings is 3. The molecule has 0 saturated heterocycles. The van der Waals surface area contributed by atoms with Crippen molar-refractivity contribution in [2.45, 2.75) is 17.6 Å². The Labute approximate surface area is 169 Å². The van der Waals surface area contributed by atoms with E-state index in [9.17, 15) is 4.79 Å². The number of ketones is 1. The van der Waals surface area contributed by atoms with Crippen molar-refractivity contribution < 1.29 is 14.3 Å². The molecule has 3 aromatic rings. The first-order valence-electron chi connectivity index (χ1n) is 9.62. The maximum Gasteiger partial charge on any atom is 0.200 e. The minimum absolute atomic E-state index is 0.0645. The highest BCUT2D eigenvalue weighted by atomic mass is 16.5. The third-order valence-corrected chi connectivity index (χ3v) is 5.79. The molecule has 5 rings (SSSR count). The van der Waals surface area contributed by atoms with Gasteiger partial charge in [-0.25, -0.2) is 0 Å². The van der Waals surface area contributed by atoms with Gasteiger partial charge >= 0.3 is 0 Å². The second kappa shape index (κ2) is 6.85. The summed E-state index contributed by atoms with van der Waals surface area (Å²) in [5.74, 6) is 0.954. The molecule has 29 heavy (non-hydrogen) atoms. The van der Waals surface area contributed by atoms with Gasteiger partial charge in [-0.2, -0.15) is 10.2 Å². The Hall–Kier alpha value is -3.47. The molecular formula is C24H20N2O3. The van der Waals surface area contributed by atoms with Crippen LogP contribution >= 0.6 is 0 Å². The average molecular weight is 384 g/mol. The maximum atomic E-state index is 13.9. The SMILES string of the molecule is COc1ccccc1[C@@H]1CN=N[C@]12C(=O)c1ccccc1O[C@H]2c1ccccc1. The zero-order chi connectivity index (χ0) is 19.8. The molecule has 0 unspecified atom stereocenters. The predicted octanol–water partition coefficient (Wildman–Crippen LogP) is 5.00. The quantitative estimate of drug-likeness (QED) is 0.638. The van der Waals surface area contributed by atoms with E-state index in [0.29, 0.717) is 17.9 Å². The van der Waals surface area contributed by atoms with Crippen molar-refractivity contribution in [3.63, 3.8) is 0 Å². The summed E-state index contributed by atoms with van der Waals surface area (Å²) in [6.45, 7) is 0.404. The number of carbonyl (C=O) groups excluding carboxylic acids is 1. The zero-order valence-corrected chi connectivity index (χ0v) is 16.0. The lowest BCUT2D eigenvalue weighted by Gasteiger charge is -2.41. The average Bonchev–Trinajstić information content (AvgIpc) is 3.22. The summed E-state index contributed by atoms with van der Waals surface area (Å²) in [6, 6.07) is 24.9. The highest BCUT2D eigenvalue weighted by Gasteiger charge is 2.60. The van der Waals surface area contributed by atoms with Crippen molar-refractivity contribution in [3.05, 3.63) is 95.6 Å².